The third-order valence-corrected chi connectivity index (χ3v) is 6.62. The lowest BCUT2D eigenvalue weighted by Crippen LogP contribution is -2.17. The van der Waals surface area contributed by atoms with E-state index in [1.54, 1.807) is 16.4 Å². The molecule has 0 N–H and O–H groups in total. The topological polar surface area (TPSA) is 37.1 Å². The number of nitrogens with zero attached hydrogens (tertiary/aromatic N) is 1. The Morgan fingerprint density at radius 3 is 2.18 bits per heavy atom. The Morgan fingerprint density at radius 2 is 1.76 bits per heavy atom. The molecular weight excluding hydrogens is 349 g/mol. The Balaban J connectivity index is 2.30. The maximum Gasteiger partial charge on any atom is 0.244 e. The maximum atomic E-state index is 12.4. The van der Waals surface area contributed by atoms with Crippen LogP contribution in [0.4, 0.5) is 0 Å². The summed E-state index contributed by atoms with van der Waals surface area (Å²) in [6, 6.07) is 7.18. The van der Waals surface area contributed by atoms with E-state index in [2.05, 4.69) is 36.4 Å². The molecule has 17 heavy (non-hydrogen) atoms. The fraction of sp³-hybridized carbons (Fsp3) is 0.500. The smallest absolute Gasteiger partial charge is 0.207 e. The van der Waals surface area contributed by atoms with Crippen LogP contribution in [-0.2, 0) is 10.0 Å². The van der Waals surface area contributed by atoms with E-state index < -0.39 is 10.0 Å². The van der Waals surface area contributed by atoms with Gasteiger partial charge in [-0.2, -0.15) is 4.31 Å². The zero-order valence-corrected chi connectivity index (χ0v) is 13.1. The molecule has 0 spiro atoms. The van der Waals surface area contributed by atoms with Crippen LogP contribution >= 0.6 is 22.6 Å². The van der Waals surface area contributed by atoms with Gasteiger partial charge in [0.05, 0.1) is 15.0 Å². The maximum absolute atomic E-state index is 12.4. The van der Waals surface area contributed by atoms with Crippen molar-refractivity contribution >= 4 is 32.6 Å². The molecule has 3 atom stereocenters. The predicted octanol–water partition coefficient (Wildman–Crippen LogP) is 2.79. The summed E-state index contributed by atoms with van der Waals surface area (Å²) in [5, 5.41) is 0. The van der Waals surface area contributed by atoms with Crippen LogP contribution in [0.25, 0.3) is 0 Å². The van der Waals surface area contributed by atoms with Gasteiger partial charge in [-0.05, 0) is 25.0 Å². The van der Waals surface area contributed by atoms with Crippen molar-refractivity contribution < 1.29 is 8.42 Å². The second-order valence-electron chi connectivity index (χ2n) is 4.76. The third kappa shape index (κ3) is 2.37. The Kier molecular flexibility index (Phi) is 3.53. The highest BCUT2D eigenvalue weighted by Gasteiger charge is 2.55. The molecule has 1 heterocycles. The molecule has 0 aliphatic carbocycles. The van der Waals surface area contributed by atoms with Gasteiger partial charge in [0.25, 0.3) is 0 Å². The largest absolute Gasteiger partial charge is 0.244 e. The zero-order chi connectivity index (χ0) is 12.8. The predicted molar refractivity (Wildman–Crippen MR) is 76.6 cm³/mol. The molecule has 94 valence electrons. The van der Waals surface area contributed by atoms with Gasteiger partial charge >= 0.3 is 0 Å². The lowest BCUT2D eigenvalue weighted by atomic mass is 10.1. The summed E-state index contributed by atoms with van der Waals surface area (Å²) in [5.74, 6) is 0.358. The first kappa shape index (κ1) is 13.3. The van der Waals surface area contributed by atoms with Gasteiger partial charge in [0.15, 0.2) is 0 Å². The Bertz CT molecular complexity index is 510. The lowest BCUT2D eigenvalue weighted by Gasteiger charge is -2.07. The van der Waals surface area contributed by atoms with Gasteiger partial charge in [0.2, 0.25) is 10.0 Å². The van der Waals surface area contributed by atoms with Crippen LogP contribution in [0.3, 0.4) is 0 Å². The molecule has 3 unspecified atom stereocenters. The number of sulfonamides is 1. The molecule has 3 nitrogen and oxygen atoms in total. The van der Waals surface area contributed by atoms with Crippen LogP contribution in [0, 0.1) is 12.8 Å². The molecule has 1 aromatic rings. The average molecular weight is 365 g/mol. The summed E-state index contributed by atoms with van der Waals surface area (Å²) in [6.45, 7) is 6.06. The number of benzene rings is 1. The summed E-state index contributed by atoms with van der Waals surface area (Å²) in [4.78, 5) is 0.396. The number of halogens is 1. The number of hydrogen-bond donors (Lipinski definition) is 0. The van der Waals surface area contributed by atoms with Crippen molar-refractivity contribution in [2.75, 3.05) is 0 Å². The molecule has 1 fully saturated rings. The number of hydrogen-bond acceptors (Lipinski definition) is 2. The van der Waals surface area contributed by atoms with E-state index in [-0.39, 0.29) is 10.1 Å². The van der Waals surface area contributed by atoms with E-state index in [4.69, 9.17) is 0 Å². The molecule has 1 aromatic carbocycles. The molecule has 1 aliphatic rings. The second kappa shape index (κ2) is 4.51. The zero-order valence-electron chi connectivity index (χ0n) is 10.1. The van der Waals surface area contributed by atoms with Crippen molar-refractivity contribution in [1.82, 2.24) is 4.31 Å². The first-order chi connectivity index (χ1) is 7.85. The molecule has 0 amide bonds. The van der Waals surface area contributed by atoms with Gasteiger partial charge in [-0.25, -0.2) is 8.42 Å². The summed E-state index contributed by atoms with van der Waals surface area (Å²) in [7, 11) is -3.30. The van der Waals surface area contributed by atoms with E-state index >= 15 is 0 Å². The first-order valence-electron chi connectivity index (χ1n) is 5.60. The first-order valence-corrected chi connectivity index (χ1v) is 8.28. The lowest BCUT2D eigenvalue weighted by molar-refractivity contribution is 0.518. The van der Waals surface area contributed by atoms with Crippen LogP contribution in [0.2, 0.25) is 0 Å². The van der Waals surface area contributed by atoms with Gasteiger partial charge in [-0.15, -0.1) is 0 Å². The highest BCUT2D eigenvalue weighted by Crippen LogP contribution is 2.43. The van der Waals surface area contributed by atoms with Crippen LogP contribution in [0.15, 0.2) is 29.2 Å². The fourth-order valence-corrected chi connectivity index (χ4v) is 6.15. The Morgan fingerprint density at radius 1 is 1.24 bits per heavy atom. The van der Waals surface area contributed by atoms with Gasteiger partial charge in [-0.3, -0.25) is 0 Å². The minimum absolute atomic E-state index is 0.0962. The summed E-state index contributed by atoms with van der Waals surface area (Å²) in [6.07, 6.45) is 0. The fourth-order valence-electron chi connectivity index (χ4n) is 1.94. The van der Waals surface area contributed by atoms with Crippen LogP contribution in [0.1, 0.15) is 19.4 Å². The van der Waals surface area contributed by atoms with Gasteiger partial charge < -0.3 is 0 Å². The van der Waals surface area contributed by atoms with Gasteiger partial charge in [-0.1, -0.05) is 54.1 Å². The van der Waals surface area contributed by atoms with Crippen molar-refractivity contribution in [3.63, 3.8) is 0 Å². The number of rotatable bonds is 3. The molecule has 1 saturated heterocycles. The van der Waals surface area contributed by atoms with E-state index in [1.807, 2.05) is 19.1 Å². The highest BCUT2D eigenvalue weighted by molar-refractivity contribution is 14.1. The molecule has 1 aliphatic heterocycles. The van der Waals surface area contributed by atoms with E-state index in [1.165, 1.54) is 0 Å². The number of aryl methyl sites for hydroxylation is 1. The summed E-state index contributed by atoms with van der Waals surface area (Å²) >= 11 is 2.20. The molecule has 0 aromatic heterocycles. The number of alkyl halides is 1. The molecule has 0 radical (unpaired) electrons. The van der Waals surface area contributed by atoms with Crippen LogP contribution in [0.5, 0.6) is 0 Å². The minimum atomic E-state index is -3.30. The van der Waals surface area contributed by atoms with E-state index in [0.29, 0.717) is 10.8 Å². The van der Waals surface area contributed by atoms with E-state index in [0.717, 1.165) is 5.56 Å². The van der Waals surface area contributed by atoms with Crippen molar-refractivity contribution in [2.45, 2.75) is 35.8 Å². The Hall–Kier alpha value is -0.140. The van der Waals surface area contributed by atoms with Crippen molar-refractivity contribution in [3.05, 3.63) is 29.8 Å². The summed E-state index contributed by atoms with van der Waals surface area (Å²) < 4.78 is 26.4. The van der Waals surface area contributed by atoms with Crippen molar-refractivity contribution in [3.8, 4) is 0 Å². The molecule has 0 bridgehead atoms. The minimum Gasteiger partial charge on any atom is -0.207 e. The molecule has 0 saturated carbocycles. The normalized spacial score (nSPS) is 28.4. The Labute approximate surface area is 116 Å². The SMILES string of the molecule is Cc1ccc(S(=O)(=O)N2C(I)C2C(C)C)cc1. The van der Waals surface area contributed by atoms with Crippen molar-refractivity contribution in [2.24, 2.45) is 5.92 Å². The summed E-state index contributed by atoms with van der Waals surface area (Å²) in [5.41, 5.74) is 1.07. The average Bonchev–Trinajstić information content (AvgIpc) is 2.91. The van der Waals surface area contributed by atoms with Crippen LogP contribution in [-0.4, -0.2) is 22.8 Å². The van der Waals surface area contributed by atoms with Crippen molar-refractivity contribution in [1.29, 1.82) is 0 Å². The van der Waals surface area contributed by atoms with Gasteiger partial charge in [0, 0.05) is 0 Å². The standard InChI is InChI=1S/C12H16INO2S/c1-8(2)11-12(13)14(11)17(15,16)10-6-4-9(3)5-7-10/h4-8,11-12H,1-3H3. The highest BCUT2D eigenvalue weighted by atomic mass is 127. The monoisotopic (exact) mass is 365 g/mol. The van der Waals surface area contributed by atoms with Crippen LogP contribution < -0.4 is 0 Å². The quantitative estimate of drug-likeness (QED) is 0.358. The molecular formula is C12H16INO2S. The molecule has 5 heteroatoms. The second-order valence-corrected chi connectivity index (χ2v) is 7.87. The molecule has 2 rings (SSSR count). The van der Waals surface area contributed by atoms with Gasteiger partial charge in [0.1, 0.15) is 0 Å². The van der Waals surface area contributed by atoms with E-state index in [9.17, 15) is 8.42 Å². The third-order valence-electron chi connectivity index (χ3n) is 3.01.